The Hall–Kier alpha value is -2.00. The summed E-state index contributed by atoms with van der Waals surface area (Å²) in [4.78, 5) is 12.1. The topological polar surface area (TPSA) is 41.1 Å². The third-order valence-electron chi connectivity index (χ3n) is 3.30. The Morgan fingerprint density at radius 3 is 2.18 bits per heavy atom. The fourth-order valence-electron chi connectivity index (χ4n) is 1.98. The first-order valence-corrected chi connectivity index (χ1v) is 7.83. The molecule has 0 atom stereocenters. The van der Waals surface area contributed by atoms with Crippen LogP contribution in [0.2, 0.25) is 5.02 Å². The van der Waals surface area contributed by atoms with Gasteiger partial charge in [0.1, 0.15) is 0 Å². The van der Waals surface area contributed by atoms with Crippen LogP contribution in [0, 0.1) is 5.92 Å². The summed E-state index contributed by atoms with van der Waals surface area (Å²) in [5.41, 5.74) is 2.42. The second-order valence-electron chi connectivity index (χ2n) is 5.65. The van der Waals surface area contributed by atoms with Crippen LogP contribution in [0.3, 0.4) is 0 Å². The Morgan fingerprint density at radius 2 is 1.59 bits per heavy atom. The number of anilines is 2. The number of halogens is 1. The Kier molecular flexibility index (Phi) is 5.84. The van der Waals surface area contributed by atoms with Gasteiger partial charge in [0.15, 0.2) is 0 Å². The predicted octanol–water partition coefficient (Wildman–Crippen LogP) is 5.05. The SMILES string of the molecule is CC(C)CCNc1ccc(NC(=O)c2ccc(Cl)cc2)cc1. The van der Waals surface area contributed by atoms with E-state index >= 15 is 0 Å². The Labute approximate surface area is 136 Å². The van der Waals surface area contributed by atoms with E-state index < -0.39 is 0 Å². The summed E-state index contributed by atoms with van der Waals surface area (Å²) in [6.45, 7) is 5.36. The zero-order valence-corrected chi connectivity index (χ0v) is 13.7. The molecule has 4 heteroatoms. The molecule has 1 amide bonds. The van der Waals surface area contributed by atoms with E-state index in [-0.39, 0.29) is 5.91 Å². The first kappa shape index (κ1) is 16.4. The van der Waals surface area contributed by atoms with Gasteiger partial charge in [0.05, 0.1) is 0 Å². The molecule has 2 N–H and O–H groups in total. The average molecular weight is 317 g/mol. The van der Waals surface area contributed by atoms with Crippen LogP contribution in [-0.4, -0.2) is 12.5 Å². The molecule has 22 heavy (non-hydrogen) atoms. The molecule has 0 saturated carbocycles. The summed E-state index contributed by atoms with van der Waals surface area (Å²) in [7, 11) is 0. The summed E-state index contributed by atoms with van der Waals surface area (Å²) in [6.07, 6.45) is 1.13. The van der Waals surface area contributed by atoms with Crippen LogP contribution in [0.1, 0.15) is 30.6 Å². The monoisotopic (exact) mass is 316 g/mol. The highest BCUT2D eigenvalue weighted by atomic mass is 35.5. The quantitative estimate of drug-likeness (QED) is 0.783. The number of hydrogen-bond acceptors (Lipinski definition) is 2. The Balaban J connectivity index is 1.90. The minimum atomic E-state index is -0.141. The lowest BCUT2D eigenvalue weighted by atomic mass is 10.1. The molecule has 0 saturated heterocycles. The zero-order valence-electron chi connectivity index (χ0n) is 12.9. The van der Waals surface area contributed by atoms with E-state index in [2.05, 4.69) is 24.5 Å². The number of nitrogens with one attached hydrogen (secondary N) is 2. The summed E-state index contributed by atoms with van der Waals surface area (Å²) < 4.78 is 0. The molecule has 3 nitrogen and oxygen atoms in total. The van der Waals surface area contributed by atoms with Gasteiger partial charge in [0, 0.05) is 28.5 Å². The van der Waals surface area contributed by atoms with Crippen molar-refractivity contribution >= 4 is 28.9 Å². The standard InChI is InChI=1S/C18H21ClN2O/c1-13(2)11-12-20-16-7-9-17(10-8-16)21-18(22)14-3-5-15(19)6-4-14/h3-10,13,20H,11-12H2,1-2H3,(H,21,22). The van der Waals surface area contributed by atoms with Crippen LogP contribution in [0.25, 0.3) is 0 Å². The first-order chi connectivity index (χ1) is 10.5. The van der Waals surface area contributed by atoms with Gasteiger partial charge in [-0.05, 0) is 60.9 Å². The van der Waals surface area contributed by atoms with Gasteiger partial charge in [-0.15, -0.1) is 0 Å². The Bertz CT molecular complexity index is 606. The van der Waals surface area contributed by atoms with Crippen LogP contribution in [0.5, 0.6) is 0 Å². The molecule has 0 aliphatic heterocycles. The molecule has 2 rings (SSSR count). The van der Waals surface area contributed by atoms with Gasteiger partial charge < -0.3 is 10.6 Å². The van der Waals surface area contributed by atoms with Gasteiger partial charge >= 0.3 is 0 Å². The van der Waals surface area contributed by atoms with Crippen molar-refractivity contribution in [3.05, 3.63) is 59.1 Å². The zero-order chi connectivity index (χ0) is 15.9. The number of carbonyl (C=O) groups excluding carboxylic acids is 1. The molecule has 0 unspecified atom stereocenters. The van der Waals surface area contributed by atoms with Crippen LogP contribution in [-0.2, 0) is 0 Å². The van der Waals surface area contributed by atoms with Crippen molar-refractivity contribution in [1.29, 1.82) is 0 Å². The lowest BCUT2D eigenvalue weighted by Crippen LogP contribution is -2.11. The van der Waals surface area contributed by atoms with Gasteiger partial charge in [-0.1, -0.05) is 25.4 Å². The summed E-state index contributed by atoms with van der Waals surface area (Å²) in [6, 6.07) is 14.6. The van der Waals surface area contributed by atoms with Gasteiger partial charge in [-0.3, -0.25) is 4.79 Å². The normalized spacial score (nSPS) is 10.5. The molecule has 2 aromatic carbocycles. The summed E-state index contributed by atoms with van der Waals surface area (Å²) in [5, 5.41) is 6.86. The van der Waals surface area contributed by atoms with E-state index in [9.17, 15) is 4.79 Å². The van der Waals surface area contributed by atoms with E-state index in [0.29, 0.717) is 16.5 Å². The molecule has 0 spiro atoms. The van der Waals surface area contributed by atoms with Crippen molar-refractivity contribution in [3.63, 3.8) is 0 Å². The van der Waals surface area contributed by atoms with Crippen LogP contribution < -0.4 is 10.6 Å². The smallest absolute Gasteiger partial charge is 0.255 e. The van der Waals surface area contributed by atoms with Crippen LogP contribution in [0.15, 0.2) is 48.5 Å². The predicted molar refractivity (Wildman–Crippen MR) is 93.8 cm³/mol. The van der Waals surface area contributed by atoms with Crippen molar-refractivity contribution in [2.45, 2.75) is 20.3 Å². The largest absolute Gasteiger partial charge is 0.385 e. The van der Waals surface area contributed by atoms with E-state index in [1.54, 1.807) is 24.3 Å². The molecule has 0 heterocycles. The molecule has 0 fully saturated rings. The molecule has 116 valence electrons. The highest BCUT2D eigenvalue weighted by Crippen LogP contribution is 2.16. The fourth-order valence-corrected chi connectivity index (χ4v) is 2.11. The van der Waals surface area contributed by atoms with Crippen LogP contribution >= 0.6 is 11.6 Å². The van der Waals surface area contributed by atoms with Crippen molar-refractivity contribution < 1.29 is 4.79 Å². The second-order valence-corrected chi connectivity index (χ2v) is 6.08. The number of carbonyl (C=O) groups is 1. The van der Waals surface area contributed by atoms with Gasteiger partial charge in [0.2, 0.25) is 0 Å². The van der Waals surface area contributed by atoms with E-state index in [1.807, 2.05) is 24.3 Å². The van der Waals surface area contributed by atoms with Gasteiger partial charge in [-0.25, -0.2) is 0 Å². The summed E-state index contributed by atoms with van der Waals surface area (Å²) >= 11 is 5.82. The Morgan fingerprint density at radius 1 is 1.00 bits per heavy atom. The average Bonchev–Trinajstić information content (AvgIpc) is 2.49. The van der Waals surface area contributed by atoms with Gasteiger partial charge in [0.25, 0.3) is 5.91 Å². The van der Waals surface area contributed by atoms with Crippen molar-refractivity contribution in [2.24, 2.45) is 5.92 Å². The lowest BCUT2D eigenvalue weighted by molar-refractivity contribution is 0.102. The van der Waals surface area contributed by atoms with Crippen molar-refractivity contribution in [1.82, 2.24) is 0 Å². The van der Waals surface area contributed by atoms with Crippen LogP contribution in [0.4, 0.5) is 11.4 Å². The molecule has 0 bridgehead atoms. The molecular formula is C18H21ClN2O. The molecule has 0 aliphatic carbocycles. The van der Waals surface area contributed by atoms with Gasteiger partial charge in [-0.2, -0.15) is 0 Å². The lowest BCUT2D eigenvalue weighted by Gasteiger charge is -2.10. The molecule has 2 aromatic rings. The number of rotatable bonds is 6. The molecule has 0 aromatic heterocycles. The third kappa shape index (κ3) is 5.08. The minimum Gasteiger partial charge on any atom is -0.385 e. The van der Waals surface area contributed by atoms with Crippen molar-refractivity contribution in [3.8, 4) is 0 Å². The fraction of sp³-hybridized carbons (Fsp3) is 0.278. The minimum absolute atomic E-state index is 0.141. The molecular weight excluding hydrogens is 296 g/mol. The second kappa shape index (κ2) is 7.85. The maximum absolute atomic E-state index is 12.1. The maximum Gasteiger partial charge on any atom is 0.255 e. The highest BCUT2D eigenvalue weighted by Gasteiger charge is 2.05. The highest BCUT2D eigenvalue weighted by molar-refractivity contribution is 6.30. The third-order valence-corrected chi connectivity index (χ3v) is 3.55. The first-order valence-electron chi connectivity index (χ1n) is 7.45. The number of hydrogen-bond donors (Lipinski definition) is 2. The molecule has 0 aliphatic rings. The van der Waals surface area contributed by atoms with E-state index in [1.165, 1.54) is 0 Å². The number of amides is 1. The van der Waals surface area contributed by atoms with E-state index in [4.69, 9.17) is 11.6 Å². The van der Waals surface area contributed by atoms with Crippen molar-refractivity contribution in [2.75, 3.05) is 17.2 Å². The molecule has 0 radical (unpaired) electrons. The van der Waals surface area contributed by atoms with E-state index in [0.717, 1.165) is 24.3 Å². The maximum atomic E-state index is 12.1. The summed E-state index contributed by atoms with van der Waals surface area (Å²) in [5.74, 6) is 0.544. The number of benzene rings is 2.